The maximum atomic E-state index is 5.60. The average molecular weight is 284 g/mol. The second-order valence-corrected chi connectivity index (χ2v) is 5.16. The molecule has 0 aliphatic carbocycles. The van der Waals surface area contributed by atoms with Crippen LogP contribution in [0.25, 0.3) is 0 Å². The molecule has 2 unspecified atom stereocenters. The lowest BCUT2D eigenvalue weighted by Gasteiger charge is -2.25. The van der Waals surface area contributed by atoms with E-state index in [9.17, 15) is 0 Å². The number of anilines is 1. The smallest absolute Gasteiger partial charge is 0.315 e. The van der Waals surface area contributed by atoms with E-state index in [-0.39, 0.29) is 11.6 Å². The van der Waals surface area contributed by atoms with E-state index in [0.717, 1.165) is 26.0 Å². The van der Waals surface area contributed by atoms with Gasteiger partial charge in [-0.1, -0.05) is 12.0 Å². The fourth-order valence-electron chi connectivity index (χ4n) is 2.13. The molecular weight excluding hydrogens is 260 g/mol. The molecule has 7 nitrogen and oxygen atoms in total. The summed E-state index contributed by atoms with van der Waals surface area (Å²) in [5, 5.41) is 14.5. The summed E-state index contributed by atoms with van der Waals surface area (Å²) in [5.41, 5.74) is -0.291. The van der Waals surface area contributed by atoms with Crippen molar-refractivity contribution in [2.75, 3.05) is 38.7 Å². The van der Waals surface area contributed by atoms with E-state index in [1.807, 2.05) is 6.92 Å². The van der Waals surface area contributed by atoms with Crippen molar-refractivity contribution in [3.05, 3.63) is 5.89 Å². The fourth-order valence-corrected chi connectivity index (χ4v) is 2.13. The van der Waals surface area contributed by atoms with Crippen LogP contribution in [0.3, 0.4) is 0 Å². The topological polar surface area (TPSA) is 81.4 Å². The van der Waals surface area contributed by atoms with Crippen molar-refractivity contribution < 1.29 is 13.9 Å². The molecule has 0 aromatic carbocycles. The van der Waals surface area contributed by atoms with Crippen molar-refractivity contribution >= 4 is 6.01 Å². The van der Waals surface area contributed by atoms with Crippen LogP contribution in [-0.4, -0.2) is 49.2 Å². The SMILES string of the molecule is CCCNC(C)c1nnc(NCC2(OC)CCOC2)o1. The average Bonchev–Trinajstić information content (AvgIpc) is 3.12. The predicted octanol–water partition coefficient (Wildman–Crippen LogP) is 1.35. The molecule has 0 radical (unpaired) electrons. The van der Waals surface area contributed by atoms with Crippen LogP contribution in [0.4, 0.5) is 6.01 Å². The number of nitrogens with zero attached hydrogens (tertiary/aromatic N) is 2. The van der Waals surface area contributed by atoms with Crippen LogP contribution in [0.5, 0.6) is 0 Å². The number of methoxy groups -OCH3 is 1. The third kappa shape index (κ3) is 3.68. The molecular formula is C13H24N4O3. The van der Waals surface area contributed by atoms with Gasteiger partial charge in [0.2, 0.25) is 5.89 Å². The van der Waals surface area contributed by atoms with E-state index < -0.39 is 0 Å². The Hall–Kier alpha value is -1.18. The van der Waals surface area contributed by atoms with Crippen LogP contribution in [0, 0.1) is 0 Å². The van der Waals surface area contributed by atoms with E-state index in [0.29, 0.717) is 25.1 Å². The molecule has 0 saturated carbocycles. The highest BCUT2D eigenvalue weighted by Crippen LogP contribution is 2.23. The Morgan fingerprint density at radius 3 is 2.95 bits per heavy atom. The van der Waals surface area contributed by atoms with Gasteiger partial charge >= 0.3 is 6.01 Å². The fraction of sp³-hybridized carbons (Fsp3) is 0.846. The zero-order valence-corrected chi connectivity index (χ0v) is 12.4. The number of hydrogen-bond acceptors (Lipinski definition) is 7. The molecule has 1 aromatic heterocycles. The number of ether oxygens (including phenoxy) is 2. The Labute approximate surface area is 119 Å². The molecule has 0 bridgehead atoms. The zero-order valence-electron chi connectivity index (χ0n) is 12.4. The molecule has 1 aliphatic rings. The van der Waals surface area contributed by atoms with Gasteiger partial charge in [0.1, 0.15) is 5.60 Å². The largest absolute Gasteiger partial charge is 0.406 e. The van der Waals surface area contributed by atoms with Crippen LogP contribution >= 0.6 is 0 Å². The first kappa shape index (κ1) is 15.2. The number of nitrogens with one attached hydrogen (secondary N) is 2. The Bertz CT molecular complexity index is 404. The molecule has 0 spiro atoms. The van der Waals surface area contributed by atoms with Crippen LogP contribution in [0.2, 0.25) is 0 Å². The third-order valence-electron chi connectivity index (χ3n) is 3.57. The van der Waals surface area contributed by atoms with Crippen molar-refractivity contribution in [3.8, 4) is 0 Å². The lowest BCUT2D eigenvalue weighted by atomic mass is 10.0. The van der Waals surface area contributed by atoms with Crippen molar-refractivity contribution in [3.63, 3.8) is 0 Å². The van der Waals surface area contributed by atoms with Crippen LogP contribution < -0.4 is 10.6 Å². The van der Waals surface area contributed by atoms with Gasteiger partial charge in [0.25, 0.3) is 0 Å². The van der Waals surface area contributed by atoms with Crippen molar-refractivity contribution in [2.24, 2.45) is 0 Å². The molecule has 1 fully saturated rings. The second kappa shape index (κ2) is 7.01. The molecule has 20 heavy (non-hydrogen) atoms. The van der Waals surface area contributed by atoms with Crippen LogP contribution in [0.15, 0.2) is 4.42 Å². The quantitative estimate of drug-likeness (QED) is 0.745. The summed E-state index contributed by atoms with van der Waals surface area (Å²) in [6, 6.07) is 0.484. The third-order valence-corrected chi connectivity index (χ3v) is 3.57. The van der Waals surface area contributed by atoms with E-state index in [1.165, 1.54) is 0 Å². The summed E-state index contributed by atoms with van der Waals surface area (Å²) < 4.78 is 16.5. The highest BCUT2D eigenvalue weighted by molar-refractivity contribution is 5.19. The maximum absolute atomic E-state index is 5.60. The molecule has 1 saturated heterocycles. The van der Waals surface area contributed by atoms with E-state index in [4.69, 9.17) is 13.9 Å². The number of aromatic nitrogens is 2. The Balaban J connectivity index is 1.86. The first-order valence-corrected chi connectivity index (χ1v) is 7.12. The first-order chi connectivity index (χ1) is 9.69. The van der Waals surface area contributed by atoms with Gasteiger partial charge in [0.15, 0.2) is 0 Å². The predicted molar refractivity (Wildman–Crippen MR) is 74.7 cm³/mol. The highest BCUT2D eigenvalue weighted by atomic mass is 16.5. The molecule has 2 N–H and O–H groups in total. The summed E-state index contributed by atoms with van der Waals surface area (Å²) >= 11 is 0. The van der Waals surface area contributed by atoms with Gasteiger partial charge in [-0.25, -0.2) is 0 Å². The molecule has 2 atom stereocenters. The van der Waals surface area contributed by atoms with Gasteiger partial charge in [0.05, 0.1) is 19.2 Å². The minimum Gasteiger partial charge on any atom is -0.406 e. The molecule has 2 rings (SSSR count). The van der Waals surface area contributed by atoms with Crippen molar-refractivity contribution in [1.29, 1.82) is 0 Å². The molecule has 1 aliphatic heterocycles. The first-order valence-electron chi connectivity index (χ1n) is 7.12. The van der Waals surface area contributed by atoms with Gasteiger partial charge in [-0.05, 0) is 19.9 Å². The van der Waals surface area contributed by atoms with Gasteiger partial charge in [-0.2, -0.15) is 0 Å². The molecule has 1 aromatic rings. The summed E-state index contributed by atoms with van der Waals surface area (Å²) in [4.78, 5) is 0. The second-order valence-electron chi connectivity index (χ2n) is 5.16. The normalized spacial score (nSPS) is 23.9. The summed E-state index contributed by atoms with van der Waals surface area (Å²) in [5.74, 6) is 0.593. The molecule has 2 heterocycles. The van der Waals surface area contributed by atoms with Gasteiger partial charge in [-0.15, -0.1) is 5.10 Å². The summed E-state index contributed by atoms with van der Waals surface area (Å²) in [6.07, 6.45) is 1.94. The van der Waals surface area contributed by atoms with Crippen LogP contribution in [0.1, 0.15) is 38.6 Å². The monoisotopic (exact) mass is 284 g/mol. The van der Waals surface area contributed by atoms with Gasteiger partial charge in [-0.3, -0.25) is 0 Å². The van der Waals surface area contributed by atoms with Crippen molar-refractivity contribution in [2.45, 2.75) is 38.3 Å². The number of hydrogen-bond donors (Lipinski definition) is 2. The summed E-state index contributed by atoms with van der Waals surface area (Å²) in [7, 11) is 1.70. The van der Waals surface area contributed by atoms with Gasteiger partial charge in [0, 0.05) is 20.1 Å². The molecule has 7 heteroatoms. The Morgan fingerprint density at radius 2 is 2.30 bits per heavy atom. The van der Waals surface area contributed by atoms with E-state index in [1.54, 1.807) is 7.11 Å². The van der Waals surface area contributed by atoms with Gasteiger partial charge < -0.3 is 24.5 Å². The molecule has 0 amide bonds. The van der Waals surface area contributed by atoms with Crippen LogP contribution in [-0.2, 0) is 9.47 Å². The highest BCUT2D eigenvalue weighted by Gasteiger charge is 2.35. The molecule has 114 valence electrons. The Morgan fingerprint density at radius 1 is 1.45 bits per heavy atom. The zero-order chi connectivity index (χ0) is 14.4. The number of rotatable bonds is 8. The standard InChI is InChI=1S/C13H24N4O3/c1-4-6-14-10(2)11-16-17-12(20-11)15-8-13(18-3)5-7-19-9-13/h10,14H,4-9H2,1-3H3,(H,15,17). The van der Waals surface area contributed by atoms with Crippen molar-refractivity contribution in [1.82, 2.24) is 15.5 Å². The van der Waals surface area contributed by atoms with E-state index >= 15 is 0 Å². The Kier molecular flexibility index (Phi) is 5.33. The maximum Gasteiger partial charge on any atom is 0.315 e. The summed E-state index contributed by atoms with van der Waals surface area (Å²) in [6.45, 7) is 6.97. The lowest BCUT2D eigenvalue weighted by molar-refractivity contribution is -0.00654. The minimum atomic E-state index is -0.291. The van der Waals surface area contributed by atoms with E-state index in [2.05, 4.69) is 27.8 Å². The lowest BCUT2D eigenvalue weighted by Crippen LogP contribution is -2.39. The minimum absolute atomic E-state index is 0.0594.